The summed E-state index contributed by atoms with van der Waals surface area (Å²) in [5.41, 5.74) is 2.38. The Morgan fingerprint density at radius 2 is 1.58 bits per heavy atom. The number of allylic oxidation sites excluding steroid dienone is 1. The van der Waals surface area contributed by atoms with Crippen LogP contribution in [0.25, 0.3) is 6.08 Å². The van der Waals surface area contributed by atoms with Crippen molar-refractivity contribution in [1.82, 2.24) is 4.31 Å². The first kappa shape index (κ1) is 22.9. The van der Waals surface area contributed by atoms with Crippen LogP contribution in [0.2, 0.25) is 0 Å². The number of sulfonamides is 1. The summed E-state index contributed by atoms with van der Waals surface area (Å²) in [4.78, 5) is 12.7. The predicted molar refractivity (Wildman–Crippen MR) is 127 cm³/mol. The summed E-state index contributed by atoms with van der Waals surface area (Å²) >= 11 is 0. The highest BCUT2D eigenvalue weighted by Gasteiger charge is 2.26. The minimum Gasteiger partial charge on any atom is -0.489 e. The molecule has 0 aliphatic carbocycles. The van der Waals surface area contributed by atoms with Crippen LogP contribution in [0.3, 0.4) is 0 Å². The smallest absolute Gasteiger partial charge is 0.243 e. The third kappa shape index (κ3) is 5.96. The molecule has 0 saturated carbocycles. The van der Waals surface area contributed by atoms with Crippen molar-refractivity contribution in [3.05, 3.63) is 102 Å². The maximum atomic E-state index is 12.7. The lowest BCUT2D eigenvalue weighted by Crippen LogP contribution is -2.40. The Balaban J connectivity index is 1.35. The number of rotatable bonds is 8. The van der Waals surface area contributed by atoms with E-state index < -0.39 is 10.0 Å². The first-order valence-corrected chi connectivity index (χ1v) is 12.1. The summed E-state index contributed by atoms with van der Waals surface area (Å²) in [7, 11) is -3.57. The van der Waals surface area contributed by atoms with Crippen LogP contribution < -0.4 is 4.74 Å². The monoisotopic (exact) mass is 463 g/mol. The molecule has 7 heteroatoms. The lowest BCUT2D eigenvalue weighted by Gasteiger charge is -2.26. The second kappa shape index (κ2) is 10.6. The summed E-state index contributed by atoms with van der Waals surface area (Å²) < 4.78 is 37.8. The minimum atomic E-state index is -3.57. The van der Waals surface area contributed by atoms with Crippen molar-refractivity contribution in [1.29, 1.82) is 0 Å². The van der Waals surface area contributed by atoms with Crippen LogP contribution in [0.15, 0.2) is 89.8 Å². The average Bonchev–Trinajstić information content (AvgIpc) is 2.88. The number of morpholine rings is 1. The van der Waals surface area contributed by atoms with Gasteiger partial charge in [-0.3, -0.25) is 4.79 Å². The Labute approximate surface area is 194 Å². The molecular weight excluding hydrogens is 438 g/mol. The maximum Gasteiger partial charge on any atom is 0.243 e. The SMILES string of the molecule is O=C(/C=C/c1ccc(OCc2ccccc2)cc1)c1ccc(S(=O)(=O)N2CCOCC2)cc1. The Morgan fingerprint density at radius 1 is 0.909 bits per heavy atom. The Bertz CT molecular complexity index is 1200. The standard InChI is InChI=1S/C26H25NO5S/c28-26(23-9-13-25(14-10-23)33(29,30)27-16-18-31-19-17-27)15-8-21-6-11-24(12-7-21)32-20-22-4-2-1-3-5-22/h1-15H,16-20H2/b15-8+. The van der Waals surface area contributed by atoms with E-state index in [-0.39, 0.29) is 10.7 Å². The Morgan fingerprint density at radius 3 is 2.24 bits per heavy atom. The predicted octanol–water partition coefficient (Wildman–Crippen LogP) is 4.18. The van der Waals surface area contributed by atoms with Crippen molar-refractivity contribution >= 4 is 21.9 Å². The van der Waals surface area contributed by atoms with Crippen LogP contribution in [-0.2, 0) is 21.4 Å². The molecule has 1 aliphatic heterocycles. The topological polar surface area (TPSA) is 72.9 Å². The third-order valence-corrected chi connectivity index (χ3v) is 7.22. The van der Waals surface area contributed by atoms with Crippen LogP contribution in [0, 0.1) is 0 Å². The number of nitrogens with zero attached hydrogens (tertiary/aromatic N) is 1. The molecule has 1 heterocycles. The lowest BCUT2D eigenvalue weighted by molar-refractivity contribution is 0.0730. The molecule has 0 bridgehead atoms. The highest BCUT2D eigenvalue weighted by molar-refractivity contribution is 7.89. The van der Waals surface area contributed by atoms with E-state index >= 15 is 0 Å². The molecule has 3 aromatic rings. The zero-order valence-electron chi connectivity index (χ0n) is 18.1. The molecule has 33 heavy (non-hydrogen) atoms. The molecule has 1 saturated heterocycles. The second-order valence-corrected chi connectivity index (χ2v) is 9.52. The largest absolute Gasteiger partial charge is 0.489 e. The molecule has 4 rings (SSSR count). The Kier molecular flexibility index (Phi) is 7.34. The molecule has 0 spiro atoms. The van der Waals surface area contributed by atoms with E-state index in [0.717, 1.165) is 16.9 Å². The van der Waals surface area contributed by atoms with Gasteiger partial charge in [0.05, 0.1) is 18.1 Å². The van der Waals surface area contributed by atoms with Gasteiger partial charge in [0.25, 0.3) is 0 Å². The fraction of sp³-hybridized carbons (Fsp3) is 0.192. The van der Waals surface area contributed by atoms with Crippen molar-refractivity contribution in [3.63, 3.8) is 0 Å². The molecule has 0 aromatic heterocycles. The van der Waals surface area contributed by atoms with Gasteiger partial charge in [0.15, 0.2) is 5.78 Å². The summed E-state index contributed by atoms with van der Waals surface area (Å²) in [5, 5.41) is 0. The van der Waals surface area contributed by atoms with E-state index in [1.807, 2.05) is 54.6 Å². The van der Waals surface area contributed by atoms with Gasteiger partial charge in [-0.05, 0) is 53.6 Å². The van der Waals surface area contributed by atoms with Gasteiger partial charge in [0.1, 0.15) is 12.4 Å². The fourth-order valence-electron chi connectivity index (χ4n) is 3.41. The number of carbonyl (C=O) groups is 1. The van der Waals surface area contributed by atoms with Crippen LogP contribution in [0.1, 0.15) is 21.5 Å². The van der Waals surface area contributed by atoms with Crippen molar-refractivity contribution in [2.45, 2.75) is 11.5 Å². The van der Waals surface area contributed by atoms with E-state index in [2.05, 4.69) is 0 Å². The summed E-state index contributed by atoms with van der Waals surface area (Å²) in [6.45, 7) is 1.94. The normalized spacial score (nSPS) is 14.9. The van der Waals surface area contributed by atoms with Gasteiger partial charge < -0.3 is 9.47 Å². The molecule has 170 valence electrons. The lowest BCUT2D eigenvalue weighted by atomic mass is 10.1. The quantitative estimate of drug-likeness (QED) is 0.370. The number of ether oxygens (including phenoxy) is 2. The van der Waals surface area contributed by atoms with E-state index in [4.69, 9.17) is 9.47 Å². The first-order valence-electron chi connectivity index (χ1n) is 10.7. The number of hydrogen-bond donors (Lipinski definition) is 0. The van der Waals surface area contributed by atoms with Gasteiger partial charge in [-0.2, -0.15) is 4.31 Å². The van der Waals surface area contributed by atoms with E-state index in [1.54, 1.807) is 18.2 Å². The molecule has 0 atom stereocenters. The van der Waals surface area contributed by atoms with Crippen molar-refractivity contribution < 1.29 is 22.7 Å². The van der Waals surface area contributed by atoms with Gasteiger partial charge >= 0.3 is 0 Å². The first-order chi connectivity index (χ1) is 16.0. The van der Waals surface area contributed by atoms with Crippen LogP contribution in [-0.4, -0.2) is 44.8 Å². The van der Waals surface area contributed by atoms with Gasteiger partial charge in [-0.25, -0.2) is 8.42 Å². The molecule has 0 amide bonds. The van der Waals surface area contributed by atoms with Crippen molar-refractivity contribution in [3.8, 4) is 5.75 Å². The average molecular weight is 464 g/mol. The van der Waals surface area contributed by atoms with Crippen LogP contribution >= 0.6 is 0 Å². The van der Waals surface area contributed by atoms with Crippen molar-refractivity contribution in [2.75, 3.05) is 26.3 Å². The highest BCUT2D eigenvalue weighted by atomic mass is 32.2. The zero-order valence-corrected chi connectivity index (χ0v) is 18.9. The van der Waals surface area contributed by atoms with Gasteiger partial charge in [0.2, 0.25) is 10.0 Å². The summed E-state index contributed by atoms with van der Waals surface area (Å²) in [6.07, 6.45) is 3.20. The molecule has 0 N–H and O–H groups in total. The molecular formula is C26H25NO5S. The number of carbonyl (C=O) groups excluding carboxylic acids is 1. The molecule has 3 aromatic carbocycles. The summed E-state index contributed by atoms with van der Waals surface area (Å²) in [5.74, 6) is 0.550. The van der Waals surface area contributed by atoms with Crippen LogP contribution in [0.4, 0.5) is 0 Å². The molecule has 6 nitrogen and oxygen atoms in total. The van der Waals surface area contributed by atoms with E-state index in [9.17, 15) is 13.2 Å². The second-order valence-electron chi connectivity index (χ2n) is 7.58. The fourth-order valence-corrected chi connectivity index (χ4v) is 4.82. The van der Waals surface area contributed by atoms with Gasteiger partial charge in [-0.1, -0.05) is 48.5 Å². The van der Waals surface area contributed by atoms with E-state index in [1.165, 1.54) is 22.5 Å². The molecule has 1 aliphatic rings. The molecule has 1 fully saturated rings. The third-order valence-electron chi connectivity index (χ3n) is 5.30. The maximum absolute atomic E-state index is 12.7. The summed E-state index contributed by atoms with van der Waals surface area (Å²) in [6, 6.07) is 23.4. The number of ketones is 1. The number of hydrogen-bond acceptors (Lipinski definition) is 5. The molecule has 0 radical (unpaired) electrons. The zero-order chi connectivity index (χ0) is 23.1. The van der Waals surface area contributed by atoms with E-state index in [0.29, 0.717) is 38.5 Å². The van der Waals surface area contributed by atoms with Gasteiger partial charge in [-0.15, -0.1) is 0 Å². The highest BCUT2D eigenvalue weighted by Crippen LogP contribution is 2.19. The minimum absolute atomic E-state index is 0.177. The Hall–Kier alpha value is -3.26. The van der Waals surface area contributed by atoms with Crippen molar-refractivity contribution in [2.24, 2.45) is 0 Å². The van der Waals surface area contributed by atoms with Gasteiger partial charge in [0, 0.05) is 18.7 Å². The van der Waals surface area contributed by atoms with Crippen LogP contribution in [0.5, 0.6) is 5.75 Å². The number of benzene rings is 3. The molecule has 0 unspecified atom stereocenters.